The molecule has 1 aliphatic rings. The second-order valence-corrected chi connectivity index (χ2v) is 7.02. The van der Waals surface area contributed by atoms with Gasteiger partial charge in [-0.05, 0) is 76.6 Å². The molecule has 0 unspecified atom stereocenters. The molecule has 0 N–H and O–H groups in total. The highest BCUT2D eigenvalue weighted by molar-refractivity contribution is 9.13. The SMILES string of the molecule is CCn1c(N2CCCCC2)nc2c(C)c(Br)c(Br)cc21. The molecule has 0 amide bonds. The van der Waals surface area contributed by atoms with Crippen LogP contribution in [0.25, 0.3) is 11.0 Å². The van der Waals surface area contributed by atoms with Crippen LogP contribution in [-0.4, -0.2) is 22.6 Å². The summed E-state index contributed by atoms with van der Waals surface area (Å²) in [5, 5.41) is 0. The van der Waals surface area contributed by atoms with Crippen molar-refractivity contribution in [3.63, 3.8) is 0 Å². The fourth-order valence-electron chi connectivity index (χ4n) is 2.99. The molecule has 1 fully saturated rings. The first kappa shape index (κ1) is 14.4. The number of anilines is 1. The van der Waals surface area contributed by atoms with Crippen LogP contribution in [0, 0.1) is 6.92 Å². The lowest BCUT2D eigenvalue weighted by Crippen LogP contribution is -2.31. The first-order chi connectivity index (χ1) is 9.63. The minimum Gasteiger partial charge on any atom is -0.342 e. The van der Waals surface area contributed by atoms with Gasteiger partial charge in [-0.1, -0.05) is 0 Å². The monoisotopic (exact) mass is 399 g/mol. The summed E-state index contributed by atoms with van der Waals surface area (Å²) in [6, 6.07) is 2.18. The van der Waals surface area contributed by atoms with Crippen LogP contribution in [0.5, 0.6) is 0 Å². The van der Waals surface area contributed by atoms with E-state index in [1.54, 1.807) is 0 Å². The van der Waals surface area contributed by atoms with E-state index in [-0.39, 0.29) is 0 Å². The van der Waals surface area contributed by atoms with Gasteiger partial charge in [-0.25, -0.2) is 4.98 Å². The lowest BCUT2D eigenvalue weighted by atomic mass is 10.1. The fraction of sp³-hybridized carbons (Fsp3) is 0.533. The Morgan fingerprint density at radius 2 is 1.90 bits per heavy atom. The molecular formula is C15H19Br2N3. The topological polar surface area (TPSA) is 21.1 Å². The normalized spacial score (nSPS) is 16.1. The molecule has 0 radical (unpaired) electrons. The van der Waals surface area contributed by atoms with Crippen LogP contribution in [0.2, 0.25) is 0 Å². The third-order valence-corrected chi connectivity index (χ3v) is 6.28. The van der Waals surface area contributed by atoms with Crippen molar-refractivity contribution < 1.29 is 0 Å². The number of hydrogen-bond acceptors (Lipinski definition) is 2. The van der Waals surface area contributed by atoms with Gasteiger partial charge in [-0.3, -0.25) is 0 Å². The predicted octanol–water partition coefficient (Wildman–Crippen LogP) is 4.88. The molecule has 3 rings (SSSR count). The van der Waals surface area contributed by atoms with E-state index in [0.29, 0.717) is 0 Å². The summed E-state index contributed by atoms with van der Waals surface area (Å²) in [5.41, 5.74) is 3.54. The molecule has 0 atom stereocenters. The van der Waals surface area contributed by atoms with E-state index in [4.69, 9.17) is 4.98 Å². The number of piperidine rings is 1. The van der Waals surface area contributed by atoms with Crippen molar-refractivity contribution in [3.8, 4) is 0 Å². The molecular weight excluding hydrogens is 382 g/mol. The summed E-state index contributed by atoms with van der Waals surface area (Å²) in [5.74, 6) is 1.13. The summed E-state index contributed by atoms with van der Waals surface area (Å²) in [6.07, 6.45) is 3.90. The average Bonchev–Trinajstić information content (AvgIpc) is 2.84. The Morgan fingerprint density at radius 3 is 2.55 bits per heavy atom. The Morgan fingerprint density at radius 1 is 1.20 bits per heavy atom. The predicted molar refractivity (Wildman–Crippen MR) is 91.6 cm³/mol. The van der Waals surface area contributed by atoms with Crippen LogP contribution in [0.15, 0.2) is 15.0 Å². The van der Waals surface area contributed by atoms with Crippen molar-refractivity contribution in [3.05, 3.63) is 20.6 Å². The molecule has 20 heavy (non-hydrogen) atoms. The molecule has 0 bridgehead atoms. The highest BCUT2D eigenvalue weighted by Crippen LogP contribution is 2.35. The van der Waals surface area contributed by atoms with Gasteiger partial charge in [0.15, 0.2) is 0 Å². The summed E-state index contributed by atoms with van der Waals surface area (Å²) < 4.78 is 4.54. The van der Waals surface area contributed by atoms with Crippen molar-refractivity contribution in [2.75, 3.05) is 18.0 Å². The van der Waals surface area contributed by atoms with E-state index in [2.05, 4.69) is 61.2 Å². The fourth-order valence-corrected chi connectivity index (χ4v) is 3.81. The maximum Gasteiger partial charge on any atom is 0.206 e. The first-order valence-electron chi connectivity index (χ1n) is 7.23. The Bertz CT molecular complexity index is 642. The lowest BCUT2D eigenvalue weighted by molar-refractivity contribution is 0.558. The second-order valence-electron chi connectivity index (χ2n) is 5.37. The van der Waals surface area contributed by atoms with Crippen molar-refractivity contribution in [2.24, 2.45) is 0 Å². The number of aromatic nitrogens is 2. The van der Waals surface area contributed by atoms with Crippen molar-refractivity contribution in [2.45, 2.75) is 39.7 Å². The maximum atomic E-state index is 4.95. The van der Waals surface area contributed by atoms with Gasteiger partial charge in [0.1, 0.15) is 0 Å². The van der Waals surface area contributed by atoms with Crippen molar-refractivity contribution in [1.82, 2.24) is 9.55 Å². The number of fused-ring (bicyclic) bond motifs is 1. The van der Waals surface area contributed by atoms with E-state index in [1.165, 1.54) is 30.3 Å². The van der Waals surface area contributed by atoms with Crippen molar-refractivity contribution in [1.29, 1.82) is 0 Å². The Kier molecular flexibility index (Phi) is 4.09. The van der Waals surface area contributed by atoms with Gasteiger partial charge >= 0.3 is 0 Å². The van der Waals surface area contributed by atoms with Gasteiger partial charge in [0.05, 0.1) is 11.0 Å². The number of imidazole rings is 1. The first-order valence-corrected chi connectivity index (χ1v) is 8.82. The number of hydrogen-bond donors (Lipinski definition) is 0. The number of aryl methyl sites for hydroxylation is 2. The molecule has 1 saturated heterocycles. The van der Waals surface area contributed by atoms with Gasteiger partial charge in [0.2, 0.25) is 5.95 Å². The number of halogens is 2. The minimum absolute atomic E-state index is 0.954. The van der Waals surface area contributed by atoms with Crippen LogP contribution in [0.3, 0.4) is 0 Å². The van der Waals surface area contributed by atoms with Gasteiger partial charge in [0, 0.05) is 28.6 Å². The molecule has 1 aromatic heterocycles. The summed E-state index contributed by atoms with van der Waals surface area (Å²) in [6.45, 7) is 7.54. The Balaban J connectivity index is 2.20. The maximum absolute atomic E-state index is 4.95. The van der Waals surface area contributed by atoms with E-state index < -0.39 is 0 Å². The molecule has 0 spiro atoms. The van der Waals surface area contributed by atoms with E-state index >= 15 is 0 Å². The van der Waals surface area contributed by atoms with Crippen LogP contribution in [-0.2, 0) is 6.54 Å². The van der Waals surface area contributed by atoms with Crippen LogP contribution < -0.4 is 4.90 Å². The largest absolute Gasteiger partial charge is 0.342 e. The van der Waals surface area contributed by atoms with E-state index in [1.807, 2.05) is 0 Å². The summed E-state index contributed by atoms with van der Waals surface area (Å²) in [4.78, 5) is 7.39. The van der Waals surface area contributed by atoms with Gasteiger partial charge in [-0.2, -0.15) is 0 Å². The highest BCUT2D eigenvalue weighted by atomic mass is 79.9. The zero-order chi connectivity index (χ0) is 14.3. The van der Waals surface area contributed by atoms with E-state index in [9.17, 15) is 0 Å². The summed E-state index contributed by atoms with van der Waals surface area (Å²) >= 11 is 7.28. The van der Waals surface area contributed by atoms with Gasteiger partial charge in [-0.15, -0.1) is 0 Å². The third-order valence-electron chi connectivity index (χ3n) is 4.10. The second kappa shape index (κ2) is 5.68. The third kappa shape index (κ3) is 2.29. The zero-order valence-corrected chi connectivity index (χ0v) is 15.1. The Labute approximate surface area is 136 Å². The molecule has 5 heteroatoms. The van der Waals surface area contributed by atoms with Gasteiger partial charge < -0.3 is 9.47 Å². The number of rotatable bonds is 2. The Hall–Kier alpha value is -0.550. The lowest BCUT2D eigenvalue weighted by Gasteiger charge is -2.28. The molecule has 0 aliphatic carbocycles. The molecule has 2 aromatic rings. The van der Waals surface area contributed by atoms with E-state index in [0.717, 1.165) is 40.0 Å². The minimum atomic E-state index is 0.954. The molecule has 0 saturated carbocycles. The molecule has 2 heterocycles. The average molecular weight is 401 g/mol. The molecule has 108 valence electrons. The number of benzene rings is 1. The van der Waals surface area contributed by atoms with Crippen LogP contribution >= 0.6 is 31.9 Å². The smallest absolute Gasteiger partial charge is 0.206 e. The van der Waals surface area contributed by atoms with Gasteiger partial charge in [0.25, 0.3) is 0 Å². The highest BCUT2D eigenvalue weighted by Gasteiger charge is 2.20. The molecule has 3 nitrogen and oxygen atoms in total. The summed E-state index contributed by atoms with van der Waals surface area (Å²) in [7, 11) is 0. The standard InChI is InChI=1S/C15H19Br2N3/c1-3-20-12-9-11(16)13(17)10(2)14(12)18-15(20)19-7-5-4-6-8-19/h9H,3-8H2,1-2H3. The quantitative estimate of drug-likeness (QED) is 0.716. The molecule has 1 aliphatic heterocycles. The number of nitrogens with zero attached hydrogens (tertiary/aromatic N) is 3. The van der Waals surface area contributed by atoms with Crippen molar-refractivity contribution >= 4 is 48.8 Å². The van der Waals surface area contributed by atoms with Crippen LogP contribution in [0.4, 0.5) is 5.95 Å². The molecule has 1 aromatic carbocycles. The van der Waals surface area contributed by atoms with Crippen LogP contribution in [0.1, 0.15) is 31.7 Å². The zero-order valence-electron chi connectivity index (χ0n) is 11.9.